The number of carbonyl (C=O) groups is 1. The van der Waals surface area contributed by atoms with Crippen LogP contribution in [0.15, 0.2) is 18.2 Å². The first-order valence-corrected chi connectivity index (χ1v) is 6.01. The first-order chi connectivity index (χ1) is 8.00. The summed E-state index contributed by atoms with van der Waals surface area (Å²) in [4.78, 5) is 13.7. The van der Waals surface area contributed by atoms with E-state index in [1.807, 2.05) is 0 Å². The molecule has 92 valence electrons. The summed E-state index contributed by atoms with van der Waals surface area (Å²) in [5, 5.41) is 0. The fourth-order valence-corrected chi connectivity index (χ4v) is 2.11. The minimum atomic E-state index is -0.395. The molecular weight excluding hydrogens is 217 g/mol. The average Bonchev–Trinajstić information content (AvgIpc) is 2.97. The summed E-state index contributed by atoms with van der Waals surface area (Å²) >= 11 is 0. The SMILES string of the molecule is Cc1cccc(C(=O)N(C)CC2CC2C)c1F. The fourth-order valence-electron chi connectivity index (χ4n) is 2.11. The Bertz CT molecular complexity index is 444. The lowest BCUT2D eigenvalue weighted by molar-refractivity contribution is 0.0782. The van der Waals surface area contributed by atoms with Crippen molar-refractivity contribution < 1.29 is 9.18 Å². The first-order valence-electron chi connectivity index (χ1n) is 6.01. The smallest absolute Gasteiger partial charge is 0.256 e. The van der Waals surface area contributed by atoms with E-state index in [1.165, 1.54) is 6.42 Å². The van der Waals surface area contributed by atoms with E-state index < -0.39 is 5.82 Å². The normalized spacial score (nSPS) is 22.4. The average molecular weight is 235 g/mol. The summed E-state index contributed by atoms with van der Waals surface area (Å²) < 4.78 is 13.8. The number of nitrogens with zero attached hydrogens (tertiary/aromatic N) is 1. The Labute approximate surface area is 101 Å². The van der Waals surface area contributed by atoms with Crippen LogP contribution in [0.25, 0.3) is 0 Å². The van der Waals surface area contributed by atoms with Gasteiger partial charge in [-0.3, -0.25) is 4.79 Å². The van der Waals surface area contributed by atoms with Crippen LogP contribution in [0.5, 0.6) is 0 Å². The number of carbonyl (C=O) groups excluding carboxylic acids is 1. The van der Waals surface area contributed by atoms with Gasteiger partial charge in [0.05, 0.1) is 5.56 Å². The topological polar surface area (TPSA) is 20.3 Å². The van der Waals surface area contributed by atoms with Gasteiger partial charge in [0.1, 0.15) is 5.82 Å². The minimum Gasteiger partial charge on any atom is -0.341 e. The molecule has 0 aliphatic heterocycles. The van der Waals surface area contributed by atoms with Gasteiger partial charge in [-0.05, 0) is 36.8 Å². The van der Waals surface area contributed by atoms with E-state index in [-0.39, 0.29) is 11.5 Å². The third-order valence-corrected chi connectivity index (χ3v) is 3.55. The Morgan fingerprint density at radius 1 is 1.53 bits per heavy atom. The zero-order valence-corrected chi connectivity index (χ0v) is 10.5. The van der Waals surface area contributed by atoms with Crippen LogP contribution >= 0.6 is 0 Å². The predicted molar refractivity (Wildman–Crippen MR) is 65.4 cm³/mol. The van der Waals surface area contributed by atoms with Crippen molar-refractivity contribution in [3.8, 4) is 0 Å². The second-order valence-electron chi connectivity index (χ2n) is 5.10. The van der Waals surface area contributed by atoms with Crippen molar-refractivity contribution in [2.75, 3.05) is 13.6 Å². The summed E-state index contributed by atoms with van der Waals surface area (Å²) in [6.45, 7) is 4.58. The molecule has 2 atom stereocenters. The van der Waals surface area contributed by atoms with E-state index in [4.69, 9.17) is 0 Å². The standard InChI is InChI=1S/C14H18FNO/c1-9-5-4-6-12(13(9)15)14(17)16(3)8-11-7-10(11)2/h4-6,10-11H,7-8H2,1-3H3. The number of aryl methyl sites for hydroxylation is 1. The highest BCUT2D eigenvalue weighted by Gasteiger charge is 2.34. The maximum atomic E-state index is 13.8. The molecule has 2 nitrogen and oxygen atoms in total. The summed E-state index contributed by atoms with van der Waals surface area (Å²) in [7, 11) is 1.75. The quantitative estimate of drug-likeness (QED) is 0.789. The second-order valence-corrected chi connectivity index (χ2v) is 5.10. The van der Waals surface area contributed by atoms with Crippen molar-refractivity contribution >= 4 is 5.91 Å². The largest absolute Gasteiger partial charge is 0.341 e. The van der Waals surface area contributed by atoms with Crippen molar-refractivity contribution in [1.82, 2.24) is 4.90 Å². The molecular formula is C14H18FNO. The molecule has 0 spiro atoms. The Kier molecular flexibility index (Phi) is 3.18. The molecule has 3 heteroatoms. The van der Waals surface area contributed by atoms with Crippen molar-refractivity contribution in [2.45, 2.75) is 20.3 Å². The van der Waals surface area contributed by atoms with Gasteiger partial charge in [-0.15, -0.1) is 0 Å². The Morgan fingerprint density at radius 2 is 2.18 bits per heavy atom. The highest BCUT2D eigenvalue weighted by atomic mass is 19.1. The molecule has 0 radical (unpaired) electrons. The molecule has 0 N–H and O–H groups in total. The summed E-state index contributed by atoms with van der Waals surface area (Å²) in [6.07, 6.45) is 1.17. The van der Waals surface area contributed by atoms with Crippen molar-refractivity contribution in [3.05, 3.63) is 35.1 Å². The van der Waals surface area contributed by atoms with E-state index in [2.05, 4.69) is 6.92 Å². The molecule has 1 aliphatic rings. The molecule has 1 aromatic carbocycles. The Balaban J connectivity index is 2.10. The Hall–Kier alpha value is -1.38. The molecule has 2 unspecified atom stereocenters. The second kappa shape index (κ2) is 4.47. The number of halogens is 1. The summed E-state index contributed by atoms with van der Waals surface area (Å²) in [5.74, 6) is 0.683. The van der Waals surface area contributed by atoms with Gasteiger partial charge in [-0.25, -0.2) is 4.39 Å². The monoisotopic (exact) mass is 235 g/mol. The maximum absolute atomic E-state index is 13.8. The molecule has 0 saturated heterocycles. The van der Waals surface area contributed by atoms with Crippen LogP contribution in [0, 0.1) is 24.6 Å². The van der Waals surface area contributed by atoms with Crippen LogP contribution in [0.2, 0.25) is 0 Å². The molecule has 1 aliphatic carbocycles. The number of hydrogen-bond donors (Lipinski definition) is 0. The van der Waals surface area contributed by atoms with Gasteiger partial charge in [0, 0.05) is 13.6 Å². The summed E-state index contributed by atoms with van der Waals surface area (Å²) in [6, 6.07) is 4.95. The predicted octanol–water partition coefficient (Wildman–Crippen LogP) is 2.86. The van der Waals surface area contributed by atoms with E-state index in [1.54, 1.807) is 37.1 Å². The van der Waals surface area contributed by atoms with E-state index in [9.17, 15) is 9.18 Å². The molecule has 1 aromatic rings. The van der Waals surface area contributed by atoms with Gasteiger partial charge < -0.3 is 4.90 Å². The molecule has 0 heterocycles. The third kappa shape index (κ3) is 2.48. The van der Waals surface area contributed by atoms with Crippen LogP contribution in [-0.2, 0) is 0 Å². The molecule has 1 fully saturated rings. The molecule has 1 saturated carbocycles. The van der Waals surface area contributed by atoms with E-state index in [0.29, 0.717) is 17.4 Å². The van der Waals surface area contributed by atoms with Crippen molar-refractivity contribution in [2.24, 2.45) is 11.8 Å². The molecule has 17 heavy (non-hydrogen) atoms. The Morgan fingerprint density at radius 3 is 2.76 bits per heavy atom. The maximum Gasteiger partial charge on any atom is 0.256 e. The van der Waals surface area contributed by atoms with Gasteiger partial charge in [0.15, 0.2) is 0 Å². The first kappa shape index (κ1) is 12.1. The van der Waals surface area contributed by atoms with Gasteiger partial charge in [-0.1, -0.05) is 19.1 Å². The molecule has 0 aromatic heterocycles. The van der Waals surface area contributed by atoms with Crippen LogP contribution in [-0.4, -0.2) is 24.4 Å². The highest BCUT2D eigenvalue weighted by Crippen LogP contribution is 2.38. The number of hydrogen-bond acceptors (Lipinski definition) is 1. The number of rotatable bonds is 3. The molecule has 2 rings (SSSR count). The zero-order chi connectivity index (χ0) is 12.6. The lowest BCUT2D eigenvalue weighted by Crippen LogP contribution is -2.29. The van der Waals surface area contributed by atoms with E-state index >= 15 is 0 Å². The van der Waals surface area contributed by atoms with Crippen LogP contribution in [0.1, 0.15) is 29.3 Å². The highest BCUT2D eigenvalue weighted by molar-refractivity contribution is 5.94. The van der Waals surface area contributed by atoms with Gasteiger partial charge in [-0.2, -0.15) is 0 Å². The van der Waals surface area contributed by atoms with Crippen molar-refractivity contribution in [1.29, 1.82) is 0 Å². The molecule has 1 amide bonds. The fraction of sp³-hybridized carbons (Fsp3) is 0.500. The van der Waals surface area contributed by atoms with Crippen LogP contribution in [0.4, 0.5) is 4.39 Å². The third-order valence-electron chi connectivity index (χ3n) is 3.55. The number of amides is 1. The molecule has 0 bridgehead atoms. The summed E-state index contributed by atoms with van der Waals surface area (Å²) in [5.41, 5.74) is 0.699. The minimum absolute atomic E-state index is 0.181. The zero-order valence-electron chi connectivity index (χ0n) is 10.5. The number of benzene rings is 1. The van der Waals surface area contributed by atoms with Crippen LogP contribution in [0.3, 0.4) is 0 Å². The van der Waals surface area contributed by atoms with Gasteiger partial charge >= 0.3 is 0 Å². The van der Waals surface area contributed by atoms with Gasteiger partial charge in [0.25, 0.3) is 5.91 Å². The van der Waals surface area contributed by atoms with Crippen LogP contribution < -0.4 is 0 Å². The lowest BCUT2D eigenvalue weighted by atomic mass is 10.1. The van der Waals surface area contributed by atoms with Gasteiger partial charge in [0.2, 0.25) is 0 Å². The van der Waals surface area contributed by atoms with Crippen molar-refractivity contribution in [3.63, 3.8) is 0 Å². The van der Waals surface area contributed by atoms with E-state index in [0.717, 1.165) is 6.54 Å². The lowest BCUT2D eigenvalue weighted by Gasteiger charge is -2.17.